The van der Waals surface area contributed by atoms with Crippen molar-refractivity contribution in [1.29, 1.82) is 0 Å². The van der Waals surface area contributed by atoms with E-state index in [0.29, 0.717) is 11.4 Å². The van der Waals surface area contributed by atoms with Crippen LogP contribution in [-0.4, -0.2) is 33.6 Å². The number of ether oxygens (including phenoxy) is 1. The minimum absolute atomic E-state index is 0.256. The van der Waals surface area contributed by atoms with Crippen molar-refractivity contribution in [2.45, 2.75) is 32.1 Å². The fraction of sp³-hybridized carbons (Fsp3) is 0.280. The van der Waals surface area contributed by atoms with Gasteiger partial charge in [-0.3, -0.25) is 19.6 Å². The first kappa shape index (κ1) is 24.3. The standard InChI is InChI=1S/C25H28N2O5S/c1-25(2,3)21-15-18(20-12-13-22(28)26-24(20)29)14-17(23(21)32-4)9-6-16-7-10-19(11-8-16)27-33(5,30)31/h6-15,20,27H,1-5H3,(H,26,28,29)/b9-6+. The van der Waals surface area contributed by atoms with Gasteiger partial charge in [0.1, 0.15) is 5.75 Å². The van der Waals surface area contributed by atoms with Crippen LogP contribution in [0.25, 0.3) is 12.2 Å². The summed E-state index contributed by atoms with van der Waals surface area (Å²) in [6.45, 7) is 6.20. The van der Waals surface area contributed by atoms with Gasteiger partial charge in [-0.25, -0.2) is 8.42 Å². The number of hydrogen-bond donors (Lipinski definition) is 2. The van der Waals surface area contributed by atoms with Crippen LogP contribution in [-0.2, 0) is 25.0 Å². The molecule has 1 atom stereocenters. The highest BCUT2D eigenvalue weighted by Crippen LogP contribution is 2.38. The molecule has 0 saturated carbocycles. The number of benzene rings is 2. The zero-order valence-electron chi connectivity index (χ0n) is 19.3. The molecule has 33 heavy (non-hydrogen) atoms. The van der Waals surface area contributed by atoms with Gasteiger partial charge < -0.3 is 4.74 Å². The maximum atomic E-state index is 12.5. The van der Waals surface area contributed by atoms with Crippen molar-refractivity contribution in [3.8, 4) is 5.75 Å². The first-order valence-electron chi connectivity index (χ1n) is 10.4. The number of carbonyl (C=O) groups is 2. The Bertz CT molecular complexity index is 1240. The number of carbonyl (C=O) groups excluding carboxylic acids is 2. The van der Waals surface area contributed by atoms with E-state index in [0.717, 1.165) is 28.5 Å². The van der Waals surface area contributed by atoms with Gasteiger partial charge in [0.25, 0.3) is 0 Å². The summed E-state index contributed by atoms with van der Waals surface area (Å²) in [5.41, 5.74) is 3.57. The Morgan fingerprint density at radius 1 is 1.06 bits per heavy atom. The van der Waals surface area contributed by atoms with Crippen LogP contribution < -0.4 is 14.8 Å². The summed E-state index contributed by atoms with van der Waals surface area (Å²) in [6.07, 6.45) is 7.86. The van der Waals surface area contributed by atoms with Gasteiger partial charge >= 0.3 is 0 Å². The van der Waals surface area contributed by atoms with Crippen LogP contribution >= 0.6 is 0 Å². The van der Waals surface area contributed by atoms with Crippen molar-refractivity contribution < 1.29 is 22.7 Å². The third kappa shape index (κ3) is 6.10. The fourth-order valence-corrected chi connectivity index (χ4v) is 4.16. The molecule has 0 spiro atoms. The Morgan fingerprint density at radius 3 is 2.27 bits per heavy atom. The van der Waals surface area contributed by atoms with Gasteiger partial charge in [-0.1, -0.05) is 57.2 Å². The predicted molar refractivity (Wildman–Crippen MR) is 131 cm³/mol. The Balaban J connectivity index is 2.03. The summed E-state index contributed by atoms with van der Waals surface area (Å²) in [7, 11) is -1.73. The number of imide groups is 1. The molecule has 0 bridgehead atoms. The largest absolute Gasteiger partial charge is 0.496 e. The van der Waals surface area contributed by atoms with E-state index in [9.17, 15) is 18.0 Å². The van der Waals surface area contributed by atoms with E-state index in [1.807, 2.05) is 24.3 Å². The highest BCUT2D eigenvalue weighted by Gasteiger charge is 2.28. The molecule has 0 aliphatic carbocycles. The lowest BCUT2D eigenvalue weighted by molar-refractivity contribution is -0.129. The molecule has 1 heterocycles. The van der Waals surface area contributed by atoms with Gasteiger partial charge in [-0.05, 0) is 34.7 Å². The van der Waals surface area contributed by atoms with Crippen LogP contribution in [0.3, 0.4) is 0 Å². The summed E-state index contributed by atoms with van der Waals surface area (Å²) in [4.78, 5) is 24.0. The molecule has 7 nitrogen and oxygen atoms in total. The maximum Gasteiger partial charge on any atom is 0.250 e. The van der Waals surface area contributed by atoms with Crippen LogP contribution in [0.5, 0.6) is 5.75 Å². The molecule has 2 N–H and O–H groups in total. The number of methoxy groups -OCH3 is 1. The third-order valence-electron chi connectivity index (χ3n) is 5.15. The van der Waals surface area contributed by atoms with Crippen LogP contribution in [0.15, 0.2) is 48.6 Å². The Kier molecular flexibility index (Phi) is 6.78. The van der Waals surface area contributed by atoms with Gasteiger partial charge in [0.15, 0.2) is 0 Å². The van der Waals surface area contributed by atoms with E-state index in [1.54, 1.807) is 37.5 Å². The summed E-state index contributed by atoms with van der Waals surface area (Å²) < 4.78 is 31.0. The fourth-order valence-electron chi connectivity index (χ4n) is 3.60. The van der Waals surface area contributed by atoms with Crippen molar-refractivity contribution in [3.63, 3.8) is 0 Å². The van der Waals surface area contributed by atoms with Crippen molar-refractivity contribution in [2.75, 3.05) is 18.1 Å². The van der Waals surface area contributed by atoms with Crippen molar-refractivity contribution >= 4 is 39.7 Å². The summed E-state index contributed by atoms with van der Waals surface area (Å²) in [5, 5.41) is 2.35. The molecule has 2 aromatic rings. The quantitative estimate of drug-likeness (QED) is 0.496. The highest BCUT2D eigenvalue weighted by molar-refractivity contribution is 7.92. The number of hydrogen-bond acceptors (Lipinski definition) is 5. The summed E-state index contributed by atoms with van der Waals surface area (Å²) >= 11 is 0. The normalized spacial score (nSPS) is 16.7. The first-order valence-corrected chi connectivity index (χ1v) is 12.3. The SMILES string of the molecule is COc1c(/C=C/c2ccc(NS(C)(=O)=O)cc2)cc(C2C=CC(=O)NC2=O)cc1C(C)(C)C. The second-order valence-electron chi connectivity index (χ2n) is 8.96. The molecule has 1 aliphatic rings. The predicted octanol–water partition coefficient (Wildman–Crippen LogP) is 3.83. The second kappa shape index (κ2) is 9.23. The molecule has 0 saturated heterocycles. The molecule has 1 unspecified atom stereocenters. The van der Waals surface area contributed by atoms with Gasteiger partial charge in [0.05, 0.1) is 19.3 Å². The molecular formula is C25H28N2O5S. The number of anilines is 1. The molecule has 0 fully saturated rings. The Hall–Kier alpha value is -3.39. The number of nitrogens with one attached hydrogen (secondary N) is 2. The van der Waals surface area contributed by atoms with Crippen molar-refractivity contribution in [3.05, 3.63) is 70.8 Å². The van der Waals surface area contributed by atoms with Crippen molar-refractivity contribution in [1.82, 2.24) is 5.32 Å². The van der Waals surface area contributed by atoms with Crippen LogP contribution in [0, 0.1) is 0 Å². The lowest BCUT2D eigenvalue weighted by atomic mass is 9.81. The molecule has 3 rings (SSSR count). The Morgan fingerprint density at radius 2 is 1.73 bits per heavy atom. The third-order valence-corrected chi connectivity index (χ3v) is 5.76. The van der Waals surface area contributed by atoms with E-state index < -0.39 is 21.8 Å². The first-order chi connectivity index (χ1) is 15.4. The average Bonchev–Trinajstić information content (AvgIpc) is 2.71. The maximum absolute atomic E-state index is 12.5. The van der Waals surface area contributed by atoms with E-state index in [4.69, 9.17) is 4.74 Å². The van der Waals surface area contributed by atoms with Gasteiger partial charge in [-0.2, -0.15) is 0 Å². The number of sulfonamides is 1. The van der Waals surface area contributed by atoms with Crippen molar-refractivity contribution in [2.24, 2.45) is 0 Å². The molecular weight excluding hydrogens is 440 g/mol. The lowest BCUT2D eigenvalue weighted by Gasteiger charge is -2.26. The minimum atomic E-state index is -3.34. The zero-order valence-corrected chi connectivity index (χ0v) is 20.1. The van der Waals surface area contributed by atoms with Crippen LogP contribution in [0.2, 0.25) is 0 Å². The second-order valence-corrected chi connectivity index (χ2v) is 10.7. The van der Waals surface area contributed by atoms with Crippen LogP contribution in [0.1, 0.15) is 48.9 Å². The molecule has 2 aromatic carbocycles. The molecule has 1 aliphatic heterocycles. The smallest absolute Gasteiger partial charge is 0.250 e. The monoisotopic (exact) mass is 468 g/mol. The summed E-state index contributed by atoms with van der Waals surface area (Å²) in [6, 6.07) is 10.8. The molecule has 0 aromatic heterocycles. The van der Waals surface area contributed by atoms with Gasteiger partial charge in [0, 0.05) is 22.9 Å². The molecule has 8 heteroatoms. The molecule has 0 radical (unpaired) electrons. The lowest BCUT2D eigenvalue weighted by Crippen LogP contribution is -2.36. The van der Waals surface area contributed by atoms with E-state index >= 15 is 0 Å². The number of rotatable bonds is 6. The topological polar surface area (TPSA) is 102 Å². The molecule has 2 amide bonds. The average molecular weight is 469 g/mol. The minimum Gasteiger partial charge on any atom is -0.496 e. The Labute approximate surface area is 194 Å². The van der Waals surface area contributed by atoms with Crippen LogP contribution in [0.4, 0.5) is 5.69 Å². The van der Waals surface area contributed by atoms with E-state index in [-0.39, 0.29) is 11.3 Å². The zero-order chi connectivity index (χ0) is 24.4. The van der Waals surface area contributed by atoms with E-state index in [1.165, 1.54) is 6.08 Å². The highest BCUT2D eigenvalue weighted by atomic mass is 32.2. The summed E-state index contributed by atoms with van der Waals surface area (Å²) in [5.74, 6) is -0.663. The molecule has 174 valence electrons. The van der Waals surface area contributed by atoms with Gasteiger partial charge in [-0.15, -0.1) is 0 Å². The number of amides is 2. The van der Waals surface area contributed by atoms with E-state index in [2.05, 4.69) is 30.8 Å². The van der Waals surface area contributed by atoms with Gasteiger partial charge in [0.2, 0.25) is 21.8 Å².